The minimum atomic E-state index is -0.283. The van der Waals surface area contributed by atoms with Crippen LogP contribution in [0.5, 0.6) is 11.5 Å². The van der Waals surface area contributed by atoms with Crippen LogP contribution < -0.4 is 19.7 Å². The zero-order valence-electron chi connectivity index (χ0n) is 16.0. The molecule has 8 heteroatoms. The van der Waals surface area contributed by atoms with E-state index in [-0.39, 0.29) is 5.91 Å². The fourth-order valence-electron chi connectivity index (χ4n) is 2.98. The van der Waals surface area contributed by atoms with Crippen molar-refractivity contribution in [1.29, 1.82) is 0 Å². The van der Waals surface area contributed by atoms with Gasteiger partial charge in [0.25, 0.3) is 5.91 Å². The Morgan fingerprint density at radius 3 is 2.81 bits per heavy atom. The fraction of sp³-hybridized carbons (Fsp3) is 0.526. The predicted molar refractivity (Wildman–Crippen MR) is 104 cm³/mol. The molecule has 0 aliphatic carbocycles. The van der Waals surface area contributed by atoms with Crippen LogP contribution in [0.1, 0.15) is 49.4 Å². The number of nitrogens with zero attached hydrogens (tertiary/aromatic N) is 3. The van der Waals surface area contributed by atoms with Crippen molar-refractivity contribution >= 4 is 17.8 Å². The quantitative estimate of drug-likeness (QED) is 0.690. The molecule has 0 radical (unpaired) electrons. The maximum Gasteiger partial charge on any atom is 0.258 e. The van der Waals surface area contributed by atoms with E-state index >= 15 is 0 Å². The number of hydrogen-bond acceptors (Lipinski definition) is 6. The van der Waals surface area contributed by atoms with Crippen molar-refractivity contribution in [3.05, 3.63) is 23.8 Å². The van der Waals surface area contributed by atoms with Crippen molar-refractivity contribution in [3.8, 4) is 11.5 Å². The molecule has 2 N–H and O–H groups in total. The number of ether oxygens (including phenoxy) is 2. The van der Waals surface area contributed by atoms with Gasteiger partial charge in [0.1, 0.15) is 0 Å². The number of unbranched alkanes of at least 4 members (excludes halogenated alkanes) is 1. The van der Waals surface area contributed by atoms with Crippen LogP contribution in [0.15, 0.2) is 18.2 Å². The third-order valence-electron chi connectivity index (χ3n) is 4.53. The molecule has 1 saturated heterocycles. The predicted octanol–water partition coefficient (Wildman–Crippen LogP) is 3.23. The van der Waals surface area contributed by atoms with Crippen LogP contribution in [0.2, 0.25) is 0 Å². The molecule has 1 fully saturated rings. The topological polar surface area (TPSA) is 92.4 Å². The highest BCUT2D eigenvalue weighted by Gasteiger charge is 2.17. The van der Waals surface area contributed by atoms with Crippen LogP contribution in [0, 0.1) is 0 Å². The van der Waals surface area contributed by atoms with Gasteiger partial charge in [-0.15, -0.1) is 5.10 Å². The number of carbonyl (C=O) groups is 1. The highest BCUT2D eigenvalue weighted by atomic mass is 16.5. The largest absolute Gasteiger partial charge is 0.493 e. The van der Waals surface area contributed by atoms with Gasteiger partial charge in [-0.1, -0.05) is 13.3 Å². The van der Waals surface area contributed by atoms with Crippen LogP contribution in [0.4, 0.5) is 11.9 Å². The number of aromatic nitrogens is 3. The zero-order valence-corrected chi connectivity index (χ0v) is 16.0. The summed E-state index contributed by atoms with van der Waals surface area (Å²) in [6.45, 7) is 4.62. The molecule has 1 amide bonds. The van der Waals surface area contributed by atoms with E-state index < -0.39 is 0 Å². The van der Waals surface area contributed by atoms with Gasteiger partial charge in [-0.05, 0) is 43.9 Å². The minimum absolute atomic E-state index is 0.283. The lowest BCUT2D eigenvalue weighted by Gasteiger charge is -2.24. The molecule has 1 aromatic heterocycles. The normalized spacial score (nSPS) is 14.1. The summed E-state index contributed by atoms with van der Waals surface area (Å²) in [5.74, 6) is 1.85. The number of aromatic amines is 1. The lowest BCUT2D eigenvalue weighted by atomic mass is 10.1. The number of anilines is 2. The number of hydrogen-bond donors (Lipinski definition) is 2. The van der Waals surface area contributed by atoms with Crippen LogP contribution in [-0.2, 0) is 0 Å². The Morgan fingerprint density at radius 1 is 1.26 bits per heavy atom. The molecular formula is C19H27N5O3. The van der Waals surface area contributed by atoms with E-state index in [1.807, 2.05) is 0 Å². The standard InChI is InChI=1S/C19H27N5O3/c1-3-4-12-27-15-9-8-14(13-16(15)26-2)17(25)20-18-21-19(23-22-18)24-10-6-5-7-11-24/h8-9,13H,3-7,10-12H2,1-2H3,(H2,20,21,22,23,25). The van der Waals surface area contributed by atoms with E-state index in [0.717, 1.165) is 38.8 Å². The Bertz CT molecular complexity index is 756. The Kier molecular flexibility index (Phi) is 6.51. The molecule has 2 heterocycles. The molecule has 0 bridgehead atoms. The SMILES string of the molecule is CCCCOc1ccc(C(=O)Nc2nc(N3CCCCC3)n[nH]2)cc1OC. The lowest BCUT2D eigenvalue weighted by molar-refractivity contribution is 0.102. The summed E-state index contributed by atoms with van der Waals surface area (Å²) < 4.78 is 11.1. The van der Waals surface area contributed by atoms with E-state index in [0.29, 0.717) is 35.6 Å². The molecule has 1 aliphatic heterocycles. The number of piperidine rings is 1. The summed E-state index contributed by atoms with van der Waals surface area (Å²) in [7, 11) is 1.56. The molecular weight excluding hydrogens is 346 g/mol. The summed E-state index contributed by atoms with van der Waals surface area (Å²) >= 11 is 0. The van der Waals surface area contributed by atoms with Gasteiger partial charge < -0.3 is 14.4 Å². The van der Waals surface area contributed by atoms with Crippen molar-refractivity contribution in [3.63, 3.8) is 0 Å². The maximum atomic E-state index is 12.5. The van der Waals surface area contributed by atoms with Crippen LogP contribution in [0.3, 0.4) is 0 Å². The Balaban J connectivity index is 1.64. The average molecular weight is 373 g/mol. The fourth-order valence-corrected chi connectivity index (χ4v) is 2.98. The van der Waals surface area contributed by atoms with Crippen LogP contribution in [-0.4, -0.2) is 47.9 Å². The minimum Gasteiger partial charge on any atom is -0.493 e. The molecule has 0 atom stereocenters. The second kappa shape index (κ2) is 9.25. The summed E-state index contributed by atoms with van der Waals surface area (Å²) in [6, 6.07) is 5.13. The number of benzene rings is 1. The van der Waals surface area contributed by atoms with Gasteiger partial charge in [0.05, 0.1) is 13.7 Å². The van der Waals surface area contributed by atoms with Gasteiger partial charge >= 0.3 is 0 Å². The first-order valence-corrected chi connectivity index (χ1v) is 9.50. The molecule has 3 rings (SSSR count). The molecule has 146 valence electrons. The molecule has 2 aromatic rings. The highest BCUT2D eigenvalue weighted by Crippen LogP contribution is 2.28. The Hall–Kier alpha value is -2.77. The first-order chi connectivity index (χ1) is 13.2. The van der Waals surface area contributed by atoms with Crippen molar-refractivity contribution < 1.29 is 14.3 Å². The summed E-state index contributed by atoms with van der Waals surface area (Å²) in [6.07, 6.45) is 5.55. The highest BCUT2D eigenvalue weighted by molar-refractivity contribution is 6.03. The van der Waals surface area contributed by atoms with Crippen molar-refractivity contribution in [2.75, 3.05) is 37.0 Å². The molecule has 0 unspecified atom stereocenters. The summed E-state index contributed by atoms with van der Waals surface area (Å²) in [5.41, 5.74) is 0.464. The molecule has 27 heavy (non-hydrogen) atoms. The van der Waals surface area contributed by atoms with Gasteiger partial charge in [0.2, 0.25) is 11.9 Å². The number of amides is 1. The zero-order chi connectivity index (χ0) is 19.1. The molecule has 0 spiro atoms. The summed E-state index contributed by atoms with van der Waals surface area (Å²) in [4.78, 5) is 19.0. The maximum absolute atomic E-state index is 12.5. The third-order valence-corrected chi connectivity index (χ3v) is 4.53. The molecule has 1 aromatic carbocycles. The van der Waals surface area contributed by atoms with Gasteiger partial charge in [-0.3, -0.25) is 10.1 Å². The number of rotatable bonds is 8. The monoisotopic (exact) mass is 373 g/mol. The molecule has 1 aliphatic rings. The van der Waals surface area contributed by atoms with Crippen molar-refractivity contribution in [2.45, 2.75) is 39.0 Å². The first-order valence-electron chi connectivity index (χ1n) is 9.50. The van der Waals surface area contributed by atoms with E-state index in [1.54, 1.807) is 25.3 Å². The molecule has 8 nitrogen and oxygen atoms in total. The number of methoxy groups -OCH3 is 1. The van der Waals surface area contributed by atoms with Gasteiger partial charge in [0.15, 0.2) is 11.5 Å². The molecule has 0 saturated carbocycles. The van der Waals surface area contributed by atoms with Gasteiger partial charge in [-0.25, -0.2) is 5.10 Å². The van der Waals surface area contributed by atoms with E-state index in [1.165, 1.54) is 6.42 Å². The van der Waals surface area contributed by atoms with E-state index in [4.69, 9.17) is 9.47 Å². The van der Waals surface area contributed by atoms with Crippen LogP contribution >= 0.6 is 0 Å². The third kappa shape index (κ3) is 4.90. The van der Waals surface area contributed by atoms with Gasteiger partial charge in [-0.2, -0.15) is 4.98 Å². The average Bonchev–Trinajstić information content (AvgIpc) is 3.17. The van der Waals surface area contributed by atoms with Crippen LogP contribution in [0.25, 0.3) is 0 Å². The van der Waals surface area contributed by atoms with Gasteiger partial charge in [0, 0.05) is 18.7 Å². The van der Waals surface area contributed by atoms with Crippen molar-refractivity contribution in [1.82, 2.24) is 15.2 Å². The number of nitrogens with one attached hydrogen (secondary N) is 2. The van der Waals surface area contributed by atoms with Crippen molar-refractivity contribution in [2.24, 2.45) is 0 Å². The number of carbonyl (C=O) groups excluding carboxylic acids is 1. The van der Waals surface area contributed by atoms with E-state index in [2.05, 4.69) is 32.3 Å². The van der Waals surface area contributed by atoms with E-state index in [9.17, 15) is 4.79 Å². The Labute approximate surface area is 159 Å². The number of H-pyrrole nitrogens is 1. The first kappa shape index (κ1) is 19.0. The Morgan fingerprint density at radius 2 is 2.07 bits per heavy atom. The summed E-state index contributed by atoms with van der Waals surface area (Å²) in [5, 5.41) is 9.74. The lowest BCUT2D eigenvalue weighted by Crippen LogP contribution is -2.30. The second-order valence-corrected chi connectivity index (χ2v) is 6.55. The smallest absolute Gasteiger partial charge is 0.258 e. The second-order valence-electron chi connectivity index (χ2n) is 6.55.